The minimum Gasteiger partial charge on any atom is -0.494 e. The zero-order valence-corrected chi connectivity index (χ0v) is 11.9. The first-order valence-corrected chi connectivity index (χ1v) is 8.01. The molecule has 1 heterocycles. The molecule has 100 valence electrons. The van der Waals surface area contributed by atoms with Crippen LogP contribution >= 0.6 is 11.8 Å². The number of nitrogens with two attached hydrogens (primary N) is 1. The van der Waals surface area contributed by atoms with Crippen molar-refractivity contribution in [3.63, 3.8) is 0 Å². The summed E-state index contributed by atoms with van der Waals surface area (Å²) in [6.45, 7) is 3.48. The monoisotopic (exact) mass is 265 g/mol. The van der Waals surface area contributed by atoms with Crippen LogP contribution in [-0.4, -0.2) is 24.7 Å². The highest BCUT2D eigenvalue weighted by molar-refractivity contribution is 7.99. The molecule has 2 nitrogen and oxygen atoms in total. The van der Waals surface area contributed by atoms with E-state index in [1.807, 2.05) is 13.0 Å². The van der Waals surface area contributed by atoms with Gasteiger partial charge >= 0.3 is 0 Å². The van der Waals surface area contributed by atoms with E-state index >= 15 is 0 Å². The molecule has 0 amide bonds. The van der Waals surface area contributed by atoms with Crippen LogP contribution in [0.4, 0.5) is 0 Å². The fraction of sp³-hybridized carbons (Fsp3) is 0.600. The summed E-state index contributed by atoms with van der Waals surface area (Å²) in [7, 11) is 0. The Bertz CT molecular complexity index is 363. The summed E-state index contributed by atoms with van der Waals surface area (Å²) < 4.78 is 5.58. The molecule has 2 N–H and O–H groups in total. The van der Waals surface area contributed by atoms with E-state index < -0.39 is 0 Å². The highest BCUT2D eigenvalue weighted by Gasteiger charge is 2.24. The number of rotatable bonds is 5. The smallest absolute Gasteiger partial charge is 0.119 e. The standard InChI is InChI=1S/C15H23NOS/c1-2-17-14-5-3-4-13(10-14)15(11-16)12-6-8-18-9-7-12/h3-5,10,12,15H,2,6-9,11,16H2,1H3. The van der Waals surface area contributed by atoms with E-state index in [1.165, 1.54) is 29.9 Å². The molecule has 0 aliphatic carbocycles. The lowest BCUT2D eigenvalue weighted by molar-refractivity contribution is 0.338. The highest BCUT2D eigenvalue weighted by atomic mass is 32.2. The third-order valence-corrected chi connectivity index (χ3v) is 4.73. The fourth-order valence-electron chi connectivity index (χ4n) is 2.72. The van der Waals surface area contributed by atoms with Crippen LogP contribution in [0, 0.1) is 5.92 Å². The molecule has 3 heteroatoms. The average molecular weight is 265 g/mol. The first-order valence-electron chi connectivity index (χ1n) is 6.85. The molecule has 1 fully saturated rings. The van der Waals surface area contributed by atoms with Gasteiger partial charge in [0.05, 0.1) is 6.61 Å². The molecule has 1 aromatic rings. The van der Waals surface area contributed by atoms with E-state index in [0.717, 1.165) is 24.8 Å². The van der Waals surface area contributed by atoms with Crippen molar-refractivity contribution in [2.24, 2.45) is 11.7 Å². The molecule has 0 radical (unpaired) electrons. The third kappa shape index (κ3) is 3.42. The minimum atomic E-state index is 0.492. The minimum absolute atomic E-state index is 0.492. The maximum Gasteiger partial charge on any atom is 0.119 e. The lowest BCUT2D eigenvalue weighted by Crippen LogP contribution is -2.24. The predicted molar refractivity (Wildman–Crippen MR) is 79.5 cm³/mol. The van der Waals surface area contributed by atoms with Gasteiger partial charge in [-0.1, -0.05) is 12.1 Å². The summed E-state index contributed by atoms with van der Waals surface area (Å²) in [4.78, 5) is 0. The van der Waals surface area contributed by atoms with Gasteiger partial charge in [-0.15, -0.1) is 0 Å². The zero-order valence-electron chi connectivity index (χ0n) is 11.1. The number of ether oxygens (including phenoxy) is 1. The first kappa shape index (κ1) is 13.8. The molecule has 1 saturated heterocycles. The van der Waals surface area contributed by atoms with E-state index in [-0.39, 0.29) is 0 Å². The topological polar surface area (TPSA) is 35.2 Å². The summed E-state index contributed by atoms with van der Waals surface area (Å²) in [5.74, 6) is 4.77. The van der Waals surface area contributed by atoms with Gasteiger partial charge in [-0.2, -0.15) is 11.8 Å². The summed E-state index contributed by atoms with van der Waals surface area (Å²) in [5, 5.41) is 0. The normalized spacial score (nSPS) is 18.6. The van der Waals surface area contributed by atoms with Gasteiger partial charge in [0, 0.05) is 0 Å². The number of hydrogen-bond acceptors (Lipinski definition) is 3. The van der Waals surface area contributed by atoms with Crippen LogP contribution in [0.1, 0.15) is 31.2 Å². The maximum absolute atomic E-state index is 6.01. The molecule has 1 unspecified atom stereocenters. The third-order valence-electron chi connectivity index (χ3n) is 3.69. The summed E-state index contributed by atoms with van der Waals surface area (Å²) in [6, 6.07) is 8.47. The molecule has 2 rings (SSSR count). The van der Waals surface area contributed by atoms with Crippen molar-refractivity contribution in [1.82, 2.24) is 0 Å². The number of thioether (sulfide) groups is 1. The molecule has 0 saturated carbocycles. The van der Waals surface area contributed by atoms with Crippen molar-refractivity contribution >= 4 is 11.8 Å². The predicted octanol–water partition coefficient (Wildman–Crippen LogP) is 3.27. The molecule has 18 heavy (non-hydrogen) atoms. The van der Waals surface area contributed by atoms with Crippen LogP contribution in [0.2, 0.25) is 0 Å². The summed E-state index contributed by atoms with van der Waals surface area (Å²) >= 11 is 2.07. The Morgan fingerprint density at radius 2 is 2.17 bits per heavy atom. The molecule has 0 spiro atoms. The lowest BCUT2D eigenvalue weighted by atomic mass is 9.82. The quantitative estimate of drug-likeness (QED) is 0.887. The van der Waals surface area contributed by atoms with Crippen LogP contribution < -0.4 is 10.5 Å². The van der Waals surface area contributed by atoms with Crippen molar-refractivity contribution in [2.75, 3.05) is 24.7 Å². The first-order chi connectivity index (χ1) is 8.85. The molecule has 1 atom stereocenters. The van der Waals surface area contributed by atoms with Gasteiger partial charge in [0.2, 0.25) is 0 Å². The second kappa shape index (κ2) is 7.05. The summed E-state index contributed by atoms with van der Waals surface area (Å²) in [6.07, 6.45) is 2.59. The number of hydrogen-bond donors (Lipinski definition) is 1. The Morgan fingerprint density at radius 1 is 1.39 bits per heavy atom. The SMILES string of the molecule is CCOc1cccc(C(CN)C2CCSCC2)c1. The van der Waals surface area contributed by atoms with Gasteiger partial charge in [0.15, 0.2) is 0 Å². The van der Waals surface area contributed by atoms with Gasteiger partial charge in [0.25, 0.3) is 0 Å². The molecule has 0 bridgehead atoms. The molecular weight excluding hydrogens is 242 g/mol. The van der Waals surface area contributed by atoms with E-state index in [9.17, 15) is 0 Å². The van der Waals surface area contributed by atoms with Gasteiger partial charge < -0.3 is 10.5 Å². The Hall–Kier alpha value is -0.670. The molecule has 1 aromatic carbocycles. The number of benzene rings is 1. The van der Waals surface area contributed by atoms with E-state index in [1.54, 1.807) is 0 Å². The highest BCUT2D eigenvalue weighted by Crippen LogP contribution is 2.35. The van der Waals surface area contributed by atoms with Gasteiger partial charge in [-0.25, -0.2) is 0 Å². The maximum atomic E-state index is 6.01. The van der Waals surface area contributed by atoms with Crippen LogP contribution in [-0.2, 0) is 0 Å². The van der Waals surface area contributed by atoms with Crippen LogP contribution in [0.25, 0.3) is 0 Å². The molecular formula is C15H23NOS. The Labute approximate surface area is 114 Å². The molecule has 0 aromatic heterocycles. The van der Waals surface area contributed by atoms with Crippen LogP contribution in [0.5, 0.6) is 5.75 Å². The van der Waals surface area contributed by atoms with Gasteiger partial charge in [-0.3, -0.25) is 0 Å². The van der Waals surface area contributed by atoms with Crippen LogP contribution in [0.15, 0.2) is 24.3 Å². The largest absolute Gasteiger partial charge is 0.494 e. The van der Waals surface area contributed by atoms with Crippen molar-refractivity contribution in [1.29, 1.82) is 0 Å². The average Bonchev–Trinajstić information content (AvgIpc) is 2.42. The summed E-state index contributed by atoms with van der Waals surface area (Å²) in [5.41, 5.74) is 7.36. The van der Waals surface area contributed by atoms with E-state index in [2.05, 4.69) is 30.0 Å². The van der Waals surface area contributed by atoms with E-state index in [4.69, 9.17) is 10.5 Å². The van der Waals surface area contributed by atoms with Crippen molar-refractivity contribution < 1.29 is 4.74 Å². The fourth-order valence-corrected chi connectivity index (χ4v) is 3.86. The lowest BCUT2D eigenvalue weighted by Gasteiger charge is -2.29. The van der Waals surface area contributed by atoms with Gasteiger partial charge in [0.1, 0.15) is 5.75 Å². The van der Waals surface area contributed by atoms with E-state index in [0.29, 0.717) is 5.92 Å². The van der Waals surface area contributed by atoms with Gasteiger partial charge in [-0.05, 0) is 67.3 Å². The second-order valence-corrected chi connectivity index (χ2v) is 6.02. The Morgan fingerprint density at radius 3 is 2.83 bits per heavy atom. The second-order valence-electron chi connectivity index (χ2n) is 4.80. The van der Waals surface area contributed by atoms with Crippen molar-refractivity contribution in [3.05, 3.63) is 29.8 Å². The molecule has 1 aliphatic rings. The Kier molecular flexibility index (Phi) is 5.39. The zero-order chi connectivity index (χ0) is 12.8. The van der Waals surface area contributed by atoms with Crippen molar-refractivity contribution in [3.8, 4) is 5.75 Å². The molecule has 1 aliphatic heterocycles. The Balaban J connectivity index is 2.12. The van der Waals surface area contributed by atoms with Crippen molar-refractivity contribution in [2.45, 2.75) is 25.7 Å². The van der Waals surface area contributed by atoms with Crippen LogP contribution in [0.3, 0.4) is 0 Å².